The van der Waals surface area contributed by atoms with E-state index >= 15 is 0 Å². The maximum absolute atomic E-state index is 13.2. The zero-order valence-electron chi connectivity index (χ0n) is 16.9. The molecule has 1 aliphatic carbocycles. The number of nitrogens with two attached hydrogens (primary N) is 1. The van der Waals surface area contributed by atoms with Gasteiger partial charge in [-0.3, -0.25) is 19.1 Å². The van der Waals surface area contributed by atoms with Crippen LogP contribution in [0.3, 0.4) is 0 Å². The zero-order chi connectivity index (χ0) is 21.0. The number of benzene rings is 1. The lowest BCUT2D eigenvalue weighted by Gasteiger charge is -2.25. The van der Waals surface area contributed by atoms with E-state index in [1.807, 2.05) is 19.1 Å². The van der Waals surface area contributed by atoms with Gasteiger partial charge in [-0.15, -0.1) is 0 Å². The van der Waals surface area contributed by atoms with E-state index in [1.54, 1.807) is 0 Å². The molecular formula is C21H28N4O4. The standard InChI is InChI=1S/C21H28N4O4/c1-3-10-25-19(22)18(20(27)23-21(25)28)24(11-12-29-2)17(26)13-15-9-8-14-6-4-5-7-16(14)15/h4-7,15H,3,8-13,22H2,1-2H3,(H,23,27,28). The molecule has 156 valence electrons. The zero-order valence-corrected chi connectivity index (χ0v) is 16.9. The molecule has 1 atom stereocenters. The van der Waals surface area contributed by atoms with Crippen molar-refractivity contribution in [3.8, 4) is 0 Å². The number of nitrogen functional groups attached to an aromatic ring is 1. The molecule has 0 saturated heterocycles. The minimum atomic E-state index is -0.656. The number of carbonyl (C=O) groups is 1. The highest BCUT2D eigenvalue weighted by Gasteiger charge is 2.29. The van der Waals surface area contributed by atoms with Crippen molar-refractivity contribution >= 4 is 17.4 Å². The second-order valence-corrected chi connectivity index (χ2v) is 7.32. The van der Waals surface area contributed by atoms with Crippen LogP contribution in [0, 0.1) is 0 Å². The number of hydrogen-bond acceptors (Lipinski definition) is 5. The van der Waals surface area contributed by atoms with Gasteiger partial charge in [0.2, 0.25) is 5.91 Å². The Kier molecular flexibility index (Phi) is 6.53. The van der Waals surface area contributed by atoms with E-state index in [1.165, 1.54) is 27.7 Å². The fourth-order valence-corrected chi connectivity index (χ4v) is 4.01. The third kappa shape index (κ3) is 4.27. The van der Waals surface area contributed by atoms with Gasteiger partial charge in [0.15, 0.2) is 5.69 Å². The minimum Gasteiger partial charge on any atom is -0.383 e. The van der Waals surface area contributed by atoms with Gasteiger partial charge in [-0.05, 0) is 36.3 Å². The fraction of sp³-hybridized carbons (Fsp3) is 0.476. The average Bonchev–Trinajstić information content (AvgIpc) is 3.10. The van der Waals surface area contributed by atoms with Gasteiger partial charge in [0.1, 0.15) is 5.82 Å². The maximum atomic E-state index is 13.2. The fourth-order valence-electron chi connectivity index (χ4n) is 4.01. The molecule has 1 amide bonds. The first-order valence-electron chi connectivity index (χ1n) is 9.97. The number of rotatable bonds is 8. The lowest BCUT2D eigenvalue weighted by Crippen LogP contribution is -2.42. The predicted octanol–water partition coefficient (Wildman–Crippen LogP) is 1.63. The van der Waals surface area contributed by atoms with Gasteiger partial charge >= 0.3 is 5.69 Å². The van der Waals surface area contributed by atoms with Crippen LogP contribution in [0.4, 0.5) is 11.5 Å². The van der Waals surface area contributed by atoms with Crippen LogP contribution in [0.5, 0.6) is 0 Å². The SMILES string of the molecule is CCCn1c(N)c(N(CCOC)C(=O)CC2CCc3ccccc32)c(=O)[nH]c1=O. The number of ether oxygens (including phenoxy) is 1. The molecule has 1 unspecified atom stereocenters. The Morgan fingerprint density at radius 1 is 1.34 bits per heavy atom. The number of methoxy groups -OCH3 is 1. The van der Waals surface area contributed by atoms with Crippen LogP contribution in [0.25, 0.3) is 0 Å². The average molecular weight is 400 g/mol. The molecule has 1 aromatic heterocycles. The Morgan fingerprint density at radius 3 is 2.83 bits per heavy atom. The van der Waals surface area contributed by atoms with Crippen molar-refractivity contribution in [3.05, 3.63) is 56.2 Å². The van der Waals surface area contributed by atoms with Crippen LogP contribution in [-0.2, 0) is 22.5 Å². The molecule has 0 radical (unpaired) electrons. The van der Waals surface area contributed by atoms with Gasteiger partial charge in [-0.1, -0.05) is 31.2 Å². The molecule has 8 heteroatoms. The van der Waals surface area contributed by atoms with Crippen LogP contribution < -0.4 is 21.9 Å². The normalized spacial score (nSPS) is 15.3. The summed E-state index contributed by atoms with van der Waals surface area (Å²) >= 11 is 0. The number of carbonyl (C=O) groups excluding carboxylic acids is 1. The first-order chi connectivity index (χ1) is 14.0. The number of amides is 1. The number of aromatic nitrogens is 2. The first kappa shape index (κ1) is 20.9. The highest BCUT2D eigenvalue weighted by Crippen LogP contribution is 2.36. The van der Waals surface area contributed by atoms with E-state index in [-0.39, 0.29) is 42.9 Å². The van der Waals surface area contributed by atoms with E-state index in [2.05, 4.69) is 17.1 Å². The summed E-state index contributed by atoms with van der Waals surface area (Å²) in [6.07, 6.45) is 2.77. The van der Waals surface area contributed by atoms with Gasteiger partial charge < -0.3 is 15.4 Å². The molecular weight excluding hydrogens is 372 g/mol. The molecule has 8 nitrogen and oxygen atoms in total. The van der Waals surface area contributed by atoms with Crippen LogP contribution in [0.15, 0.2) is 33.9 Å². The molecule has 0 spiro atoms. The number of fused-ring (bicyclic) bond motifs is 1. The Morgan fingerprint density at radius 2 is 2.10 bits per heavy atom. The number of aromatic amines is 1. The summed E-state index contributed by atoms with van der Waals surface area (Å²) in [5, 5.41) is 0. The number of aryl methyl sites for hydroxylation is 1. The number of hydrogen-bond donors (Lipinski definition) is 2. The Bertz CT molecular complexity index is 995. The topological polar surface area (TPSA) is 110 Å². The Labute approximate surface area is 169 Å². The summed E-state index contributed by atoms with van der Waals surface area (Å²) in [4.78, 5) is 41.6. The minimum absolute atomic E-state index is 0.0110. The van der Waals surface area contributed by atoms with Gasteiger partial charge in [0.05, 0.1) is 6.61 Å². The van der Waals surface area contributed by atoms with Crippen molar-refractivity contribution in [1.82, 2.24) is 9.55 Å². The van der Waals surface area contributed by atoms with Crippen LogP contribution in [0.1, 0.15) is 43.2 Å². The van der Waals surface area contributed by atoms with Gasteiger partial charge in [-0.25, -0.2) is 4.79 Å². The largest absolute Gasteiger partial charge is 0.383 e. The van der Waals surface area contributed by atoms with Crippen LogP contribution in [-0.4, -0.2) is 35.7 Å². The smallest absolute Gasteiger partial charge is 0.330 e. The lowest BCUT2D eigenvalue weighted by molar-refractivity contribution is -0.119. The number of H-pyrrole nitrogens is 1. The molecule has 1 aromatic carbocycles. The lowest BCUT2D eigenvalue weighted by atomic mass is 9.97. The number of nitrogens with one attached hydrogen (secondary N) is 1. The second-order valence-electron chi connectivity index (χ2n) is 7.32. The van der Waals surface area contributed by atoms with E-state index in [9.17, 15) is 14.4 Å². The summed E-state index contributed by atoms with van der Waals surface area (Å²) in [5.74, 6) is -0.0925. The molecule has 3 rings (SSSR count). The molecule has 1 heterocycles. The van der Waals surface area contributed by atoms with Crippen molar-refractivity contribution in [2.24, 2.45) is 0 Å². The van der Waals surface area contributed by atoms with Crippen LogP contribution in [0.2, 0.25) is 0 Å². The molecule has 29 heavy (non-hydrogen) atoms. The van der Waals surface area contributed by atoms with E-state index in [4.69, 9.17) is 10.5 Å². The number of nitrogens with zero attached hydrogens (tertiary/aromatic N) is 2. The maximum Gasteiger partial charge on any atom is 0.330 e. The number of anilines is 2. The highest BCUT2D eigenvalue weighted by atomic mass is 16.5. The first-order valence-corrected chi connectivity index (χ1v) is 9.97. The quantitative estimate of drug-likeness (QED) is 0.700. The van der Waals surface area contributed by atoms with Crippen molar-refractivity contribution in [1.29, 1.82) is 0 Å². The van der Waals surface area contributed by atoms with Crippen molar-refractivity contribution in [2.45, 2.75) is 45.1 Å². The highest BCUT2D eigenvalue weighted by molar-refractivity contribution is 5.96. The van der Waals surface area contributed by atoms with Crippen LogP contribution >= 0.6 is 0 Å². The molecule has 0 bridgehead atoms. The predicted molar refractivity (Wildman–Crippen MR) is 112 cm³/mol. The van der Waals surface area contributed by atoms with E-state index in [0.29, 0.717) is 13.0 Å². The van der Waals surface area contributed by atoms with Gasteiger partial charge in [0.25, 0.3) is 5.56 Å². The molecule has 0 aliphatic heterocycles. The summed E-state index contributed by atoms with van der Waals surface area (Å²) in [5.41, 5.74) is 7.42. The third-order valence-corrected chi connectivity index (χ3v) is 5.43. The van der Waals surface area contributed by atoms with Crippen molar-refractivity contribution in [3.63, 3.8) is 0 Å². The Balaban J connectivity index is 1.95. The molecule has 0 fully saturated rings. The van der Waals surface area contributed by atoms with Gasteiger partial charge in [-0.2, -0.15) is 0 Å². The Hall–Kier alpha value is -2.87. The molecule has 1 aliphatic rings. The van der Waals surface area contributed by atoms with Crippen molar-refractivity contribution in [2.75, 3.05) is 30.9 Å². The summed E-state index contributed by atoms with van der Waals surface area (Å²) in [7, 11) is 1.53. The van der Waals surface area contributed by atoms with E-state index < -0.39 is 11.2 Å². The molecule has 3 N–H and O–H groups in total. The summed E-state index contributed by atoms with van der Waals surface area (Å²) < 4.78 is 6.44. The molecule has 2 aromatic rings. The van der Waals surface area contributed by atoms with Crippen molar-refractivity contribution < 1.29 is 9.53 Å². The van der Waals surface area contributed by atoms with Gasteiger partial charge in [0, 0.05) is 26.6 Å². The van der Waals surface area contributed by atoms with E-state index in [0.717, 1.165) is 12.8 Å². The summed E-state index contributed by atoms with van der Waals surface area (Å²) in [6, 6.07) is 8.13. The third-order valence-electron chi connectivity index (χ3n) is 5.43. The second kappa shape index (κ2) is 9.09. The monoisotopic (exact) mass is 400 g/mol. The molecule has 0 saturated carbocycles. The summed E-state index contributed by atoms with van der Waals surface area (Å²) in [6.45, 7) is 2.69.